The predicted octanol–water partition coefficient (Wildman–Crippen LogP) is 2.90. The van der Waals surface area contributed by atoms with Crippen LogP contribution < -0.4 is 0 Å². The first kappa shape index (κ1) is 5.40. The fraction of sp³-hybridized carbons (Fsp3) is 0.800. The molecular formula is C10H14. The zero-order valence-corrected chi connectivity index (χ0v) is 6.40. The van der Waals surface area contributed by atoms with Gasteiger partial charge >= 0.3 is 0 Å². The topological polar surface area (TPSA) is 0 Å². The molecule has 3 rings (SSSR count). The van der Waals surface area contributed by atoms with E-state index in [1.807, 2.05) is 0 Å². The Kier molecular flexibility index (Phi) is 0.725. The van der Waals surface area contributed by atoms with Crippen molar-refractivity contribution >= 4 is 0 Å². The fourth-order valence-corrected chi connectivity index (χ4v) is 2.82. The summed E-state index contributed by atoms with van der Waals surface area (Å²) in [6.07, 6.45) is 13.9. The number of hydrogen-bond donors (Lipinski definition) is 0. The number of fused-ring (bicyclic) bond motifs is 1. The molecule has 0 amide bonds. The molecule has 2 fully saturated rings. The first-order valence-corrected chi connectivity index (χ1v) is 4.55. The van der Waals surface area contributed by atoms with Crippen LogP contribution in [0.25, 0.3) is 0 Å². The zero-order chi connectivity index (χ0) is 6.66. The Hall–Kier alpha value is -0.260. The van der Waals surface area contributed by atoms with Crippen molar-refractivity contribution in [3.8, 4) is 0 Å². The van der Waals surface area contributed by atoms with Gasteiger partial charge in [-0.3, -0.25) is 0 Å². The summed E-state index contributed by atoms with van der Waals surface area (Å²) in [7, 11) is 0. The van der Waals surface area contributed by atoms with Crippen molar-refractivity contribution in [1.82, 2.24) is 0 Å². The SMILES string of the molecule is C1=CC2(CC2)C2(CC1)CC2. The van der Waals surface area contributed by atoms with E-state index in [-0.39, 0.29) is 0 Å². The van der Waals surface area contributed by atoms with E-state index < -0.39 is 0 Å². The van der Waals surface area contributed by atoms with Gasteiger partial charge in [0.15, 0.2) is 0 Å². The third-order valence-electron chi connectivity index (χ3n) is 3.92. The molecule has 3 aliphatic carbocycles. The average molecular weight is 134 g/mol. The van der Waals surface area contributed by atoms with Crippen LogP contribution in [0.2, 0.25) is 0 Å². The maximum Gasteiger partial charge on any atom is -0.00611 e. The average Bonchev–Trinajstić information content (AvgIpc) is 2.72. The van der Waals surface area contributed by atoms with Gasteiger partial charge in [-0.2, -0.15) is 0 Å². The molecule has 54 valence electrons. The molecule has 10 heavy (non-hydrogen) atoms. The van der Waals surface area contributed by atoms with Crippen molar-refractivity contribution in [1.29, 1.82) is 0 Å². The molecular weight excluding hydrogens is 120 g/mol. The minimum Gasteiger partial charge on any atom is -0.0879 e. The molecule has 2 spiro atoms. The molecule has 2 saturated carbocycles. The Labute approximate surface area is 62.3 Å². The van der Waals surface area contributed by atoms with Gasteiger partial charge in [-0.15, -0.1) is 0 Å². The molecule has 3 aliphatic rings. The molecule has 0 radical (unpaired) electrons. The van der Waals surface area contributed by atoms with Crippen LogP contribution in [0.1, 0.15) is 38.5 Å². The lowest BCUT2D eigenvalue weighted by Gasteiger charge is -2.26. The molecule has 0 aromatic heterocycles. The van der Waals surface area contributed by atoms with Gasteiger partial charge in [-0.1, -0.05) is 12.2 Å². The summed E-state index contributed by atoms with van der Waals surface area (Å²) >= 11 is 0. The third kappa shape index (κ3) is 0.457. The van der Waals surface area contributed by atoms with Crippen molar-refractivity contribution in [2.24, 2.45) is 10.8 Å². The minimum absolute atomic E-state index is 0.755. The fourth-order valence-electron chi connectivity index (χ4n) is 2.82. The van der Waals surface area contributed by atoms with E-state index in [4.69, 9.17) is 0 Å². The van der Waals surface area contributed by atoms with Gasteiger partial charge in [-0.25, -0.2) is 0 Å². The quantitative estimate of drug-likeness (QED) is 0.447. The van der Waals surface area contributed by atoms with E-state index in [1.54, 1.807) is 0 Å². The standard InChI is InChI=1S/C10H14/c1-2-4-10(7-8-10)9(3-1)5-6-9/h1,3H,2,4-8H2. The molecule has 0 nitrogen and oxygen atoms in total. The lowest BCUT2D eigenvalue weighted by molar-refractivity contribution is 0.309. The molecule has 0 saturated heterocycles. The Morgan fingerprint density at radius 3 is 2.20 bits per heavy atom. The second kappa shape index (κ2) is 1.34. The van der Waals surface area contributed by atoms with E-state index in [1.165, 1.54) is 38.5 Å². The maximum absolute atomic E-state index is 2.53. The molecule has 0 bridgehead atoms. The molecule has 0 N–H and O–H groups in total. The predicted molar refractivity (Wildman–Crippen MR) is 41.7 cm³/mol. The summed E-state index contributed by atoms with van der Waals surface area (Å²) in [4.78, 5) is 0. The van der Waals surface area contributed by atoms with Crippen molar-refractivity contribution in [2.45, 2.75) is 38.5 Å². The lowest BCUT2D eigenvalue weighted by atomic mass is 9.78. The monoisotopic (exact) mass is 134 g/mol. The molecule has 0 heterocycles. The molecule has 0 aromatic carbocycles. The highest BCUT2D eigenvalue weighted by molar-refractivity contribution is 5.25. The smallest absolute Gasteiger partial charge is 0.00611 e. The first-order valence-electron chi connectivity index (χ1n) is 4.55. The van der Waals surface area contributed by atoms with Gasteiger partial charge in [0.05, 0.1) is 0 Å². The van der Waals surface area contributed by atoms with E-state index in [0.717, 1.165) is 10.8 Å². The maximum atomic E-state index is 2.53. The third-order valence-corrected chi connectivity index (χ3v) is 3.92. The normalized spacial score (nSPS) is 36.8. The van der Waals surface area contributed by atoms with Crippen molar-refractivity contribution in [3.05, 3.63) is 12.2 Å². The summed E-state index contributed by atoms with van der Waals surface area (Å²) in [6.45, 7) is 0. The van der Waals surface area contributed by atoms with Gasteiger partial charge in [0.2, 0.25) is 0 Å². The molecule has 0 unspecified atom stereocenters. The van der Waals surface area contributed by atoms with Crippen LogP contribution in [-0.4, -0.2) is 0 Å². The second-order valence-corrected chi connectivity index (χ2v) is 4.38. The molecule has 0 atom stereocenters. The van der Waals surface area contributed by atoms with Crippen molar-refractivity contribution in [3.63, 3.8) is 0 Å². The number of hydrogen-bond acceptors (Lipinski definition) is 0. The second-order valence-electron chi connectivity index (χ2n) is 4.38. The summed E-state index contributed by atoms with van der Waals surface area (Å²) in [5.41, 5.74) is 1.60. The first-order chi connectivity index (χ1) is 4.87. The Bertz CT molecular complexity index is 192. The van der Waals surface area contributed by atoms with Gasteiger partial charge in [0.1, 0.15) is 0 Å². The van der Waals surface area contributed by atoms with Gasteiger partial charge in [-0.05, 0) is 49.4 Å². The minimum atomic E-state index is 0.755. The van der Waals surface area contributed by atoms with Crippen LogP contribution in [0.4, 0.5) is 0 Å². The Morgan fingerprint density at radius 1 is 0.900 bits per heavy atom. The van der Waals surface area contributed by atoms with E-state index in [9.17, 15) is 0 Å². The Balaban J connectivity index is 2.02. The summed E-state index contributed by atoms with van der Waals surface area (Å²) < 4.78 is 0. The highest BCUT2D eigenvalue weighted by Gasteiger charge is 2.63. The number of allylic oxidation sites excluding steroid dienone is 2. The largest absolute Gasteiger partial charge is 0.0879 e. The summed E-state index contributed by atoms with van der Waals surface area (Å²) in [6, 6.07) is 0. The van der Waals surface area contributed by atoms with E-state index >= 15 is 0 Å². The molecule has 0 aromatic rings. The van der Waals surface area contributed by atoms with Gasteiger partial charge in [0.25, 0.3) is 0 Å². The van der Waals surface area contributed by atoms with Crippen LogP contribution >= 0.6 is 0 Å². The van der Waals surface area contributed by atoms with Crippen LogP contribution in [0.5, 0.6) is 0 Å². The summed E-state index contributed by atoms with van der Waals surface area (Å²) in [5.74, 6) is 0. The van der Waals surface area contributed by atoms with Gasteiger partial charge < -0.3 is 0 Å². The Morgan fingerprint density at radius 2 is 1.70 bits per heavy atom. The van der Waals surface area contributed by atoms with E-state index in [0.29, 0.717) is 0 Å². The van der Waals surface area contributed by atoms with Gasteiger partial charge in [0, 0.05) is 0 Å². The van der Waals surface area contributed by atoms with Crippen molar-refractivity contribution in [2.75, 3.05) is 0 Å². The highest BCUT2D eigenvalue weighted by Crippen LogP contribution is 2.74. The van der Waals surface area contributed by atoms with Crippen molar-refractivity contribution < 1.29 is 0 Å². The van der Waals surface area contributed by atoms with Crippen LogP contribution in [0.3, 0.4) is 0 Å². The zero-order valence-electron chi connectivity index (χ0n) is 6.40. The van der Waals surface area contributed by atoms with Crippen LogP contribution in [0, 0.1) is 10.8 Å². The summed E-state index contributed by atoms with van der Waals surface area (Å²) in [5, 5.41) is 0. The van der Waals surface area contributed by atoms with Crippen LogP contribution in [-0.2, 0) is 0 Å². The van der Waals surface area contributed by atoms with E-state index in [2.05, 4.69) is 12.2 Å². The molecule has 0 aliphatic heterocycles. The van der Waals surface area contributed by atoms with Crippen LogP contribution in [0.15, 0.2) is 12.2 Å². The highest BCUT2D eigenvalue weighted by atomic mass is 14.7. The molecule has 0 heteroatoms. The lowest BCUT2D eigenvalue weighted by Crippen LogP contribution is -2.17. The number of rotatable bonds is 0.